The van der Waals surface area contributed by atoms with Gasteiger partial charge in [-0.1, -0.05) is 13.8 Å². The van der Waals surface area contributed by atoms with Crippen molar-refractivity contribution >= 4 is 11.3 Å². The Kier molecular flexibility index (Phi) is 3.12. The second kappa shape index (κ2) is 4.22. The molecule has 0 amide bonds. The lowest BCUT2D eigenvalue weighted by Gasteiger charge is -2.40. The second-order valence-corrected chi connectivity index (χ2v) is 6.18. The molecule has 1 aliphatic rings. The van der Waals surface area contributed by atoms with Gasteiger partial charge in [-0.2, -0.15) is 0 Å². The van der Waals surface area contributed by atoms with Gasteiger partial charge in [-0.05, 0) is 31.1 Å². The van der Waals surface area contributed by atoms with E-state index in [9.17, 15) is 0 Å². The van der Waals surface area contributed by atoms with Gasteiger partial charge in [0.05, 0.1) is 5.51 Å². The van der Waals surface area contributed by atoms with Gasteiger partial charge >= 0.3 is 0 Å². The number of thiazole rings is 1. The van der Waals surface area contributed by atoms with E-state index in [2.05, 4.69) is 18.8 Å². The van der Waals surface area contributed by atoms with Crippen molar-refractivity contribution in [3.8, 4) is 0 Å². The van der Waals surface area contributed by atoms with Gasteiger partial charge in [0.2, 0.25) is 0 Å². The fourth-order valence-corrected chi connectivity index (χ4v) is 3.33. The van der Waals surface area contributed by atoms with Crippen LogP contribution < -0.4 is 5.73 Å². The third-order valence-electron chi connectivity index (χ3n) is 3.81. The van der Waals surface area contributed by atoms with E-state index < -0.39 is 0 Å². The maximum atomic E-state index is 6.48. The van der Waals surface area contributed by atoms with Crippen molar-refractivity contribution < 1.29 is 0 Å². The maximum Gasteiger partial charge on any atom is 0.0794 e. The van der Waals surface area contributed by atoms with Crippen LogP contribution in [0.1, 0.15) is 38.0 Å². The first-order chi connectivity index (χ1) is 7.09. The van der Waals surface area contributed by atoms with Gasteiger partial charge < -0.3 is 5.73 Å². The molecule has 3 unspecified atom stereocenters. The summed E-state index contributed by atoms with van der Waals surface area (Å²) in [4.78, 5) is 5.45. The number of rotatable bonds is 2. The Balaban J connectivity index is 2.01. The van der Waals surface area contributed by atoms with Crippen LogP contribution >= 0.6 is 11.3 Å². The lowest BCUT2D eigenvalue weighted by Crippen LogP contribution is -2.47. The first kappa shape index (κ1) is 11.1. The molecule has 15 heavy (non-hydrogen) atoms. The number of hydrogen-bond donors (Lipinski definition) is 1. The van der Waals surface area contributed by atoms with Gasteiger partial charge in [-0.3, -0.25) is 4.98 Å². The third-order valence-corrected chi connectivity index (χ3v) is 4.59. The highest BCUT2D eigenvalue weighted by Gasteiger charge is 2.34. The molecule has 1 saturated carbocycles. The normalized spacial score (nSPS) is 36.7. The highest BCUT2D eigenvalue weighted by Crippen LogP contribution is 2.36. The monoisotopic (exact) mass is 224 g/mol. The fourth-order valence-electron chi connectivity index (χ4n) is 2.58. The standard InChI is InChI=1S/C12H20N2S/c1-9-3-4-12(13,5-10(9)2)6-11-7-14-8-15-11/h7-10H,3-6,13H2,1-2H3. The van der Waals surface area contributed by atoms with Gasteiger partial charge in [0, 0.05) is 23.0 Å². The predicted molar refractivity (Wildman–Crippen MR) is 64.9 cm³/mol. The largest absolute Gasteiger partial charge is 0.325 e. The highest BCUT2D eigenvalue weighted by molar-refractivity contribution is 7.09. The zero-order valence-electron chi connectivity index (χ0n) is 9.57. The van der Waals surface area contributed by atoms with E-state index in [4.69, 9.17) is 5.73 Å². The minimum atomic E-state index is 0.0263. The lowest BCUT2D eigenvalue weighted by atomic mass is 9.70. The van der Waals surface area contributed by atoms with Gasteiger partial charge in [-0.25, -0.2) is 0 Å². The molecule has 0 aliphatic heterocycles. The summed E-state index contributed by atoms with van der Waals surface area (Å²) in [6.07, 6.45) is 6.57. The molecule has 84 valence electrons. The number of aromatic nitrogens is 1. The smallest absolute Gasteiger partial charge is 0.0794 e. The van der Waals surface area contributed by atoms with Crippen LogP contribution in [-0.4, -0.2) is 10.5 Å². The lowest BCUT2D eigenvalue weighted by molar-refractivity contribution is 0.176. The molecular weight excluding hydrogens is 204 g/mol. The Hall–Kier alpha value is -0.410. The van der Waals surface area contributed by atoms with Gasteiger partial charge in [0.25, 0.3) is 0 Å². The van der Waals surface area contributed by atoms with E-state index in [-0.39, 0.29) is 5.54 Å². The molecule has 0 spiro atoms. The molecule has 3 heteroatoms. The predicted octanol–water partition coefficient (Wildman–Crippen LogP) is 2.84. The average Bonchev–Trinajstić information content (AvgIpc) is 2.64. The summed E-state index contributed by atoms with van der Waals surface area (Å²) in [5.74, 6) is 1.60. The Morgan fingerprint density at radius 2 is 2.33 bits per heavy atom. The van der Waals surface area contributed by atoms with Crippen LogP contribution in [0.2, 0.25) is 0 Å². The van der Waals surface area contributed by atoms with Gasteiger partial charge in [0.1, 0.15) is 0 Å². The van der Waals surface area contributed by atoms with Crippen LogP contribution in [0.5, 0.6) is 0 Å². The van der Waals surface area contributed by atoms with Crippen molar-refractivity contribution in [2.24, 2.45) is 17.6 Å². The van der Waals surface area contributed by atoms with Crippen molar-refractivity contribution in [3.63, 3.8) is 0 Å². The molecule has 0 radical (unpaired) electrons. The van der Waals surface area contributed by atoms with E-state index in [1.165, 1.54) is 11.3 Å². The molecule has 3 atom stereocenters. The fraction of sp³-hybridized carbons (Fsp3) is 0.750. The topological polar surface area (TPSA) is 38.9 Å². The molecule has 2 N–H and O–H groups in total. The zero-order valence-corrected chi connectivity index (χ0v) is 10.4. The third kappa shape index (κ3) is 2.58. The minimum Gasteiger partial charge on any atom is -0.325 e. The molecule has 0 aromatic carbocycles. The van der Waals surface area contributed by atoms with Gasteiger partial charge in [-0.15, -0.1) is 11.3 Å². The summed E-state index contributed by atoms with van der Waals surface area (Å²) < 4.78 is 0. The summed E-state index contributed by atoms with van der Waals surface area (Å²) >= 11 is 1.73. The highest BCUT2D eigenvalue weighted by atomic mass is 32.1. The number of hydrogen-bond acceptors (Lipinski definition) is 3. The van der Waals surface area contributed by atoms with Crippen LogP contribution in [-0.2, 0) is 6.42 Å². The molecule has 0 saturated heterocycles. The molecule has 2 rings (SSSR count). The Labute approximate surface area is 95.9 Å². The quantitative estimate of drug-likeness (QED) is 0.839. The van der Waals surface area contributed by atoms with Crippen molar-refractivity contribution in [1.82, 2.24) is 4.98 Å². The van der Waals surface area contributed by atoms with Crippen LogP contribution in [0.25, 0.3) is 0 Å². The SMILES string of the molecule is CC1CCC(N)(Cc2cncs2)CC1C. The van der Waals surface area contributed by atoms with Crippen LogP contribution in [0.3, 0.4) is 0 Å². The molecule has 1 aromatic heterocycles. The van der Waals surface area contributed by atoms with E-state index >= 15 is 0 Å². The van der Waals surface area contributed by atoms with E-state index in [0.29, 0.717) is 0 Å². The Bertz CT molecular complexity index is 309. The second-order valence-electron chi connectivity index (χ2n) is 5.20. The van der Waals surface area contributed by atoms with Crippen molar-refractivity contribution in [3.05, 3.63) is 16.6 Å². The molecule has 1 aliphatic carbocycles. The van der Waals surface area contributed by atoms with E-state index in [1.54, 1.807) is 11.3 Å². The first-order valence-corrected chi connectivity index (χ1v) is 6.63. The van der Waals surface area contributed by atoms with Crippen LogP contribution in [0.4, 0.5) is 0 Å². The molecule has 1 fully saturated rings. The molecule has 0 bridgehead atoms. The van der Waals surface area contributed by atoms with Crippen LogP contribution in [0.15, 0.2) is 11.7 Å². The maximum absolute atomic E-state index is 6.48. The molecule has 1 heterocycles. The average molecular weight is 224 g/mol. The first-order valence-electron chi connectivity index (χ1n) is 5.75. The zero-order chi connectivity index (χ0) is 10.9. The number of nitrogens with zero attached hydrogens (tertiary/aromatic N) is 1. The summed E-state index contributed by atoms with van der Waals surface area (Å²) in [5.41, 5.74) is 8.40. The van der Waals surface area contributed by atoms with Gasteiger partial charge in [0.15, 0.2) is 0 Å². The summed E-state index contributed by atoms with van der Waals surface area (Å²) in [6, 6.07) is 0. The Morgan fingerprint density at radius 3 is 2.93 bits per heavy atom. The van der Waals surface area contributed by atoms with E-state index in [1.807, 2.05) is 11.7 Å². The summed E-state index contributed by atoms with van der Waals surface area (Å²) in [6.45, 7) is 4.68. The summed E-state index contributed by atoms with van der Waals surface area (Å²) in [7, 11) is 0. The van der Waals surface area contributed by atoms with E-state index in [0.717, 1.165) is 31.1 Å². The van der Waals surface area contributed by atoms with Crippen molar-refractivity contribution in [2.45, 2.75) is 45.1 Å². The summed E-state index contributed by atoms with van der Waals surface area (Å²) in [5, 5.41) is 0. The van der Waals surface area contributed by atoms with Crippen molar-refractivity contribution in [2.75, 3.05) is 0 Å². The number of nitrogens with two attached hydrogens (primary N) is 1. The van der Waals surface area contributed by atoms with Crippen molar-refractivity contribution in [1.29, 1.82) is 0 Å². The van der Waals surface area contributed by atoms with Crippen LogP contribution in [0, 0.1) is 11.8 Å². The Morgan fingerprint density at radius 1 is 1.53 bits per heavy atom. The minimum absolute atomic E-state index is 0.0263. The molecule has 2 nitrogen and oxygen atoms in total. The molecular formula is C12H20N2S. The molecule has 1 aromatic rings.